The number of phosphoric ester groups is 1. The fourth-order valence-corrected chi connectivity index (χ4v) is 6.82. The highest BCUT2D eigenvalue weighted by Gasteiger charge is 2.25. The fourth-order valence-electron chi connectivity index (χ4n) is 6.06. The Hall–Kier alpha value is -2.06. The van der Waals surface area contributed by atoms with E-state index in [4.69, 9.17) is 24.3 Å². The van der Waals surface area contributed by atoms with Crippen molar-refractivity contribution in [2.24, 2.45) is 5.73 Å². The maximum absolute atomic E-state index is 12.6. The van der Waals surface area contributed by atoms with Gasteiger partial charge in [-0.3, -0.25) is 13.8 Å². The van der Waals surface area contributed by atoms with E-state index in [1.807, 2.05) is 0 Å². The molecule has 0 rings (SSSR count). The van der Waals surface area contributed by atoms with Gasteiger partial charge in [0.05, 0.1) is 19.8 Å². The number of hydrogen-bond donors (Lipinski definition) is 2. The predicted octanol–water partition coefficient (Wildman–Crippen LogP) is 13.9. The van der Waals surface area contributed by atoms with Gasteiger partial charge in [-0.1, -0.05) is 189 Å². The highest BCUT2D eigenvalue weighted by molar-refractivity contribution is 7.47. The van der Waals surface area contributed by atoms with Crippen molar-refractivity contribution in [1.29, 1.82) is 0 Å². The van der Waals surface area contributed by atoms with E-state index in [9.17, 15) is 14.3 Å². The van der Waals surface area contributed by atoms with Crippen LogP contribution in [0.3, 0.4) is 0 Å². The first-order valence-electron chi connectivity index (χ1n) is 22.9. The van der Waals surface area contributed by atoms with Crippen LogP contribution in [0.2, 0.25) is 0 Å². The molecule has 0 heterocycles. The second-order valence-electron chi connectivity index (χ2n) is 14.9. The Morgan fingerprint density at radius 3 is 1.46 bits per heavy atom. The van der Waals surface area contributed by atoms with Gasteiger partial charge in [-0.15, -0.1) is 0 Å². The molecular formula is C48H86NO7P. The molecule has 0 saturated heterocycles. The van der Waals surface area contributed by atoms with Crippen molar-refractivity contribution in [2.45, 2.75) is 193 Å². The van der Waals surface area contributed by atoms with E-state index in [1.165, 1.54) is 83.5 Å². The molecule has 0 radical (unpaired) electrons. The summed E-state index contributed by atoms with van der Waals surface area (Å²) in [6.07, 6.45) is 56.4. The number of esters is 1. The normalized spacial score (nSPS) is 14.1. The molecule has 3 N–H and O–H groups in total. The third-order valence-corrected chi connectivity index (χ3v) is 10.4. The number of carbonyl (C=O) groups is 1. The van der Waals surface area contributed by atoms with Gasteiger partial charge >= 0.3 is 13.8 Å². The van der Waals surface area contributed by atoms with Gasteiger partial charge in [-0.2, -0.15) is 0 Å². The van der Waals surface area contributed by atoms with Gasteiger partial charge in [0.2, 0.25) is 0 Å². The first-order chi connectivity index (χ1) is 27.9. The zero-order valence-corrected chi connectivity index (χ0v) is 37.4. The second-order valence-corrected chi connectivity index (χ2v) is 16.3. The maximum Gasteiger partial charge on any atom is 0.472 e. The van der Waals surface area contributed by atoms with Crippen LogP contribution in [0.25, 0.3) is 0 Å². The van der Waals surface area contributed by atoms with Gasteiger partial charge in [-0.05, 0) is 64.2 Å². The van der Waals surface area contributed by atoms with Gasteiger partial charge in [0.25, 0.3) is 0 Å². The van der Waals surface area contributed by atoms with Crippen molar-refractivity contribution in [2.75, 3.05) is 33.0 Å². The highest BCUT2D eigenvalue weighted by Crippen LogP contribution is 2.43. The minimum absolute atomic E-state index is 0.0920. The molecule has 0 aliphatic rings. The summed E-state index contributed by atoms with van der Waals surface area (Å²) in [5.74, 6) is -0.343. The summed E-state index contributed by atoms with van der Waals surface area (Å²) in [5.41, 5.74) is 5.37. The smallest absolute Gasteiger partial charge is 0.457 e. The zero-order chi connectivity index (χ0) is 41.6. The Balaban J connectivity index is 4.09. The van der Waals surface area contributed by atoms with E-state index in [-0.39, 0.29) is 32.3 Å². The summed E-state index contributed by atoms with van der Waals surface area (Å²) in [6.45, 7) is 4.73. The molecule has 0 bridgehead atoms. The number of nitrogens with two attached hydrogens (primary N) is 1. The Bertz CT molecular complexity index is 1100. The van der Waals surface area contributed by atoms with Gasteiger partial charge in [0.15, 0.2) is 0 Å². The number of allylic oxidation sites excluding steroid dienone is 12. The number of rotatable bonds is 43. The number of ether oxygens (including phenoxy) is 2. The Morgan fingerprint density at radius 2 is 0.982 bits per heavy atom. The largest absolute Gasteiger partial charge is 0.472 e. The monoisotopic (exact) mass is 820 g/mol. The van der Waals surface area contributed by atoms with Gasteiger partial charge in [0.1, 0.15) is 6.10 Å². The van der Waals surface area contributed by atoms with E-state index in [2.05, 4.69) is 86.8 Å². The zero-order valence-electron chi connectivity index (χ0n) is 36.6. The SMILES string of the molecule is CC/C=C\C/C=C\C/C=C\C/C=C\C/C=C\C/C=C\CCCCCOCC(COP(=O)(O)OCCN)OC(=O)CCCCCCCCCCCCCCCCCC. The molecule has 0 spiro atoms. The van der Waals surface area contributed by atoms with E-state index < -0.39 is 13.9 Å². The van der Waals surface area contributed by atoms with Gasteiger partial charge in [0, 0.05) is 19.6 Å². The molecule has 0 aromatic heterocycles. The topological polar surface area (TPSA) is 117 Å². The lowest BCUT2D eigenvalue weighted by atomic mass is 10.0. The van der Waals surface area contributed by atoms with Crippen LogP contribution in [0, 0.1) is 0 Å². The Kier molecular flexibility index (Phi) is 43.4. The molecule has 9 heteroatoms. The van der Waals surface area contributed by atoms with Crippen LogP contribution < -0.4 is 5.73 Å². The lowest BCUT2D eigenvalue weighted by Gasteiger charge is -2.20. The average Bonchev–Trinajstić information content (AvgIpc) is 3.20. The Morgan fingerprint density at radius 1 is 0.544 bits per heavy atom. The molecule has 0 saturated carbocycles. The summed E-state index contributed by atoms with van der Waals surface area (Å²) >= 11 is 0. The van der Waals surface area contributed by atoms with Crippen LogP contribution in [-0.4, -0.2) is 49.9 Å². The molecule has 0 amide bonds. The first-order valence-corrected chi connectivity index (χ1v) is 24.4. The lowest BCUT2D eigenvalue weighted by Crippen LogP contribution is -2.28. The predicted molar refractivity (Wildman–Crippen MR) is 242 cm³/mol. The van der Waals surface area contributed by atoms with E-state index >= 15 is 0 Å². The molecule has 2 unspecified atom stereocenters. The third kappa shape index (κ3) is 44.9. The van der Waals surface area contributed by atoms with Crippen LogP contribution >= 0.6 is 7.82 Å². The lowest BCUT2D eigenvalue weighted by molar-refractivity contribution is -0.154. The van der Waals surface area contributed by atoms with Crippen molar-refractivity contribution < 1.29 is 32.8 Å². The van der Waals surface area contributed by atoms with Crippen molar-refractivity contribution in [3.05, 3.63) is 72.9 Å². The maximum atomic E-state index is 12.6. The molecule has 0 aliphatic heterocycles. The van der Waals surface area contributed by atoms with Crippen molar-refractivity contribution in [1.82, 2.24) is 0 Å². The van der Waals surface area contributed by atoms with Crippen molar-refractivity contribution in [3.8, 4) is 0 Å². The average molecular weight is 820 g/mol. The molecule has 0 aromatic carbocycles. The van der Waals surface area contributed by atoms with Crippen LogP contribution in [0.5, 0.6) is 0 Å². The van der Waals surface area contributed by atoms with Gasteiger partial charge < -0.3 is 20.1 Å². The molecular weight excluding hydrogens is 734 g/mol. The first kappa shape index (κ1) is 54.9. The minimum Gasteiger partial charge on any atom is -0.457 e. The van der Waals surface area contributed by atoms with E-state index in [0.717, 1.165) is 83.5 Å². The van der Waals surface area contributed by atoms with Crippen LogP contribution in [0.15, 0.2) is 72.9 Å². The molecule has 330 valence electrons. The standard InChI is InChI=1S/C48H86NO7P/c1-3-5-7-9-11-13-15-17-19-21-22-23-24-25-26-28-30-32-34-36-38-40-43-53-45-47(46-55-57(51,52)54-44-42-49)56-48(50)41-39-37-35-33-31-29-27-20-18-16-14-12-10-8-6-4-2/h5,7,11,13,17,19,22-23,25-26,30,32,47H,3-4,6,8-10,12,14-16,18,20-21,24,27-29,31,33-46,49H2,1-2H3,(H,51,52)/b7-5-,13-11-,19-17-,23-22-,26-25-,32-30-. The minimum atomic E-state index is -4.29. The highest BCUT2D eigenvalue weighted by atomic mass is 31.2. The van der Waals surface area contributed by atoms with Gasteiger partial charge in [-0.25, -0.2) is 4.57 Å². The number of hydrogen-bond acceptors (Lipinski definition) is 7. The number of carbonyl (C=O) groups excluding carboxylic acids is 1. The van der Waals surface area contributed by atoms with Crippen LogP contribution in [0.4, 0.5) is 0 Å². The quantitative estimate of drug-likeness (QED) is 0.0270. The number of unbranched alkanes of at least 4 members (excludes halogenated alkanes) is 18. The molecule has 57 heavy (non-hydrogen) atoms. The number of phosphoric acid groups is 1. The molecule has 0 aromatic rings. The fraction of sp³-hybridized carbons (Fsp3) is 0.729. The van der Waals surface area contributed by atoms with E-state index in [0.29, 0.717) is 13.0 Å². The second kappa shape index (κ2) is 45.0. The summed E-state index contributed by atoms with van der Waals surface area (Å²) in [4.78, 5) is 22.5. The van der Waals surface area contributed by atoms with Crippen LogP contribution in [0.1, 0.15) is 187 Å². The molecule has 0 aliphatic carbocycles. The summed E-state index contributed by atoms with van der Waals surface area (Å²) in [5, 5.41) is 0. The summed E-state index contributed by atoms with van der Waals surface area (Å²) < 4.78 is 33.4. The van der Waals surface area contributed by atoms with Crippen LogP contribution in [-0.2, 0) is 27.9 Å². The third-order valence-electron chi connectivity index (χ3n) is 9.39. The summed E-state index contributed by atoms with van der Waals surface area (Å²) in [7, 11) is -4.29. The van der Waals surface area contributed by atoms with Crippen molar-refractivity contribution >= 4 is 13.8 Å². The van der Waals surface area contributed by atoms with Crippen molar-refractivity contribution in [3.63, 3.8) is 0 Å². The summed E-state index contributed by atoms with van der Waals surface area (Å²) in [6, 6.07) is 0. The molecule has 8 nitrogen and oxygen atoms in total. The molecule has 2 atom stereocenters. The molecule has 0 fully saturated rings. The van der Waals surface area contributed by atoms with E-state index in [1.54, 1.807) is 0 Å². The Labute approximate surface area is 350 Å².